The number of aromatic nitrogens is 2. The van der Waals surface area contributed by atoms with Gasteiger partial charge in [0.2, 0.25) is 0 Å². The average Bonchev–Trinajstić information content (AvgIpc) is 2.98. The Kier molecular flexibility index (Phi) is 13.1. The van der Waals surface area contributed by atoms with Crippen LogP contribution in [0.2, 0.25) is 0 Å². The summed E-state index contributed by atoms with van der Waals surface area (Å²) in [4.78, 5) is 4.23. The molecule has 1 unspecified atom stereocenters. The summed E-state index contributed by atoms with van der Waals surface area (Å²) in [6, 6.07) is 1.95. The molecule has 2 N–H and O–H groups in total. The van der Waals surface area contributed by atoms with Gasteiger partial charge in [-0.1, -0.05) is 20.8 Å². The molecule has 0 aromatic carbocycles. The number of hydrogen-bond acceptors (Lipinski definition) is 3. The predicted molar refractivity (Wildman–Crippen MR) is 106 cm³/mol. The largest absolute Gasteiger partial charge is 0.381 e. The van der Waals surface area contributed by atoms with Gasteiger partial charge in [0.1, 0.15) is 0 Å². The first-order chi connectivity index (χ1) is 10.6. The van der Waals surface area contributed by atoms with E-state index in [1.54, 1.807) is 7.05 Å². The molecule has 1 aromatic rings. The smallest absolute Gasteiger partial charge is 0.190 e. The van der Waals surface area contributed by atoms with Crippen molar-refractivity contribution in [2.24, 2.45) is 16.8 Å². The molecule has 0 fully saturated rings. The van der Waals surface area contributed by atoms with Gasteiger partial charge < -0.3 is 15.4 Å². The molecule has 0 radical (unpaired) electrons. The molecule has 7 heteroatoms. The van der Waals surface area contributed by atoms with Crippen LogP contribution in [0.1, 0.15) is 27.2 Å². The topological polar surface area (TPSA) is 63.5 Å². The predicted octanol–water partition coefficient (Wildman–Crippen LogP) is 2.36. The van der Waals surface area contributed by atoms with Crippen molar-refractivity contribution in [2.75, 3.05) is 33.4 Å². The number of aliphatic imine (C=N–C) groups is 1. The van der Waals surface area contributed by atoms with Gasteiger partial charge in [-0.25, -0.2) is 0 Å². The maximum absolute atomic E-state index is 5.56. The van der Waals surface area contributed by atoms with Crippen LogP contribution in [-0.2, 0) is 11.3 Å². The van der Waals surface area contributed by atoms with Crippen molar-refractivity contribution < 1.29 is 4.74 Å². The zero-order chi connectivity index (χ0) is 16.2. The van der Waals surface area contributed by atoms with Crippen molar-refractivity contribution in [3.63, 3.8) is 0 Å². The molecule has 0 saturated carbocycles. The molecule has 1 heterocycles. The van der Waals surface area contributed by atoms with Gasteiger partial charge in [0.15, 0.2) is 5.96 Å². The van der Waals surface area contributed by atoms with Crippen LogP contribution in [0.4, 0.5) is 0 Å². The van der Waals surface area contributed by atoms with Gasteiger partial charge in [-0.05, 0) is 24.3 Å². The van der Waals surface area contributed by atoms with Crippen LogP contribution in [0.5, 0.6) is 0 Å². The van der Waals surface area contributed by atoms with E-state index in [0.717, 1.165) is 45.2 Å². The Morgan fingerprint density at radius 1 is 1.30 bits per heavy atom. The second-order valence-corrected chi connectivity index (χ2v) is 6.04. The van der Waals surface area contributed by atoms with E-state index in [1.165, 1.54) is 0 Å². The van der Waals surface area contributed by atoms with E-state index >= 15 is 0 Å². The van der Waals surface area contributed by atoms with Gasteiger partial charge in [0, 0.05) is 52.3 Å². The minimum Gasteiger partial charge on any atom is -0.381 e. The fourth-order valence-corrected chi connectivity index (χ4v) is 1.98. The van der Waals surface area contributed by atoms with Crippen molar-refractivity contribution in [2.45, 2.75) is 33.7 Å². The fourth-order valence-electron chi connectivity index (χ4n) is 1.98. The number of hydrogen-bond donors (Lipinski definition) is 2. The second kappa shape index (κ2) is 13.6. The summed E-state index contributed by atoms with van der Waals surface area (Å²) >= 11 is 0. The fraction of sp³-hybridized carbons (Fsp3) is 0.750. The number of rotatable bonds is 10. The third kappa shape index (κ3) is 11.4. The Bertz CT molecular complexity index is 409. The quantitative estimate of drug-likeness (QED) is 0.255. The van der Waals surface area contributed by atoms with Crippen LogP contribution in [0.15, 0.2) is 23.5 Å². The highest BCUT2D eigenvalue weighted by Crippen LogP contribution is 1.97. The summed E-state index contributed by atoms with van der Waals surface area (Å²) in [7, 11) is 1.79. The van der Waals surface area contributed by atoms with E-state index in [2.05, 4.69) is 41.5 Å². The number of nitrogens with zero attached hydrogens (tertiary/aromatic N) is 3. The van der Waals surface area contributed by atoms with E-state index < -0.39 is 0 Å². The summed E-state index contributed by atoms with van der Waals surface area (Å²) < 4.78 is 7.51. The summed E-state index contributed by atoms with van der Waals surface area (Å²) in [5.74, 6) is 1.92. The molecule has 0 saturated heterocycles. The molecular weight excluding hydrogens is 405 g/mol. The number of guanidine groups is 1. The van der Waals surface area contributed by atoms with Crippen LogP contribution in [-0.4, -0.2) is 49.1 Å². The second-order valence-electron chi connectivity index (χ2n) is 6.04. The molecule has 0 bridgehead atoms. The van der Waals surface area contributed by atoms with Gasteiger partial charge >= 0.3 is 0 Å². The third-order valence-corrected chi connectivity index (χ3v) is 3.11. The number of halogens is 1. The zero-order valence-electron chi connectivity index (χ0n) is 14.8. The molecule has 0 spiro atoms. The van der Waals surface area contributed by atoms with Crippen molar-refractivity contribution in [1.82, 2.24) is 20.4 Å². The SMILES string of the molecule is CN=C(NCCCOCC(C)C)NCC(C)Cn1cccn1.I. The molecule has 1 aromatic heterocycles. The van der Waals surface area contributed by atoms with Crippen LogP contribution in [0.3, 0.4) is 0 Å². The highest BCUT2D eigenvalue weighted by Gasteiger charge is 2.05. The van der Waals surface area contributed by atoms with Crippen LogP contribution in [0, 0.1) is 11.8 Å². The molecule has 6 nitrogen and oxygen atoms in total. The standard InChI is InChI=1S/C16H31N5O.HI/c1-14(2)13-22-10-6-7-18-16(17-4)19-11-15(3)12-21-9-5-8-20-21;/h5,8-9,14-15H,6-7,10-13H2,1-4H3,(H2,17,18,19);1H. The molecule has 0 aliphatic heterocycles. The van der Waals surface area contributed by atoms with Crippen LogP contribution in [0.25, 0.3) is 0 Å². The third-order valence-electron chi connectivity index (χ3n) is 3.11. The summed E-state index contributed by atoms with van der Waals surface area (Å²) in [6.07, 6.45) is 4.78. The van der Waals surface area contributed by atoms with Gasteiger partial charge in [-0.2, -0.15) is 5.10 Å². The number of nitrogens with one attached hydrogen (secondary N) is 2. The Morgan fingerprint density at radius 2 is 2.09 bits per heavy atom. The van der Waals surface area contributed by atoms with Crippen LogP contribution >= 0.6 is 24.0 Å². The van der Waals surface area contributed by atoms with E-state index in [1.807, 2.05) is 23.1 Å². The minimum absolute atomic E-state index is 0. The molecular formula is C16H32IN5O. The Hall–Kier alpha value is -0.830. The highest BCUT2D eigenvalue weighted by atomic mass is 127. The molecule has 0 aliphatic rings. The molecule has 0 aliphatic carbocycles. The average molecular weight is 437 g/mol. The summed E-state index contributed by atoms with van der Waals surface area (Å²) in [5.41, 5.74) is 0. The van der Waals surface area contributed by atoms with Crippen molar-refractivity contribution in [3.8, 4) is 0 Å². The summed E-state index contributed by atoms with van der Waals surface area (Å²) in [5, 5.41) is 10.9. The van der Waals surface area contributed by atoms with E-state index in [4.69, 9.17) is 4.74 Å². The lowest BCUT2D eigenvalue weighted by atomic mass is 10.2. The van der Waals surface area contributed by atoms with Crippen molar-refractivity contribution in [3.05, 3.63) is 18.5 Å². The maximum atomic E-state index is 5.56. The van der Waals surface area contributed by atoms with E-state index in [9.17, 15) is 0 Å². The Morgan fingerprint density at radius 3 is 2.70 bits per heavy atom. The molecule has 1 atom stereocenters. The van der Waals surface area contributed by atoms with E-state index in [0.29, 0.717) is 11.8 Å². The minimum atomic E-state index is 0. The van der Waals surface area contributed by atoms with Gasteiger partial charge in [-0.3, -0.25) is 9.67 Å². The first-order valence-corrected chi connectivity index (χ1v) is 8.11. The Labute approximate surface area is 157 Å². The van der Waals surface area contributed by atoms with Crippen LogP contribution < -0.4 is 10.6 Å². The normalized spacial score (nSPS) is 12.8. The molecule has 1 rings (SSSR count). The lowest BCUT2D eigenvalue weighted by Crippen LogP contribution is -2.40. The zero-order valence-corrected chi connectivity index (χ0v) is 17.1. The van der Waals surface area contributed by atoms with E-state index in [-0.39, 0.29) is 24.0 Å². The summed E-state index contributed by atoms with van der Waals surface area (Å²) in [6.45, 7) is 10.8. The molecule has 0 amide bonds. The lowest BCUT2D eigenvalue weighted by Gasteiger charge is -2.16. The maximum Gasteiger partial charge on any atom is 0.190 e. The van der Waals surface area contributed by atoms with Gasteiger partial charge in [-0.15, -0.1) is 24.0 Å². The highest BCUT2D eigenvalue weighted by molar-refractivity contribution is 14.0. The van der Waals surface area contributed by atoms with Gasteiger partial charge in [0.25, 0.3) is 0 Å². The van der Waals surface area contributed by atoms with Crippen molar-refractivity contribution >= 4 is 29.9 Å². The first kappa shape index (κ1) is 22.2. The van der Waals surface area contributed by atoms with Gasteiger partial charge in [0.05, 0.1) is 0 Å². The molecule has 23 heavy (non-hydrogen) atoms. The lowest BCUT2D eigenvalue weighted by molar-refractivity contribution is 0.108. The number of ether oxygens (including phenoxy) is 1. The monoisotopic (exact) mass is 437 g/mol. The Balaban J connectivity index is 0.00000484. The van der Waals surface area contributed by atoms with Crippen molar-refractivity contribution in [1.29, 1.82) is 0 Å². The first-order valence-electron chi connectivity index (χ1n) is 8.11. The molecule has 134 valence electrons.